The topological polar surface area (TPSA) is 133 Å². The maximum Gasteiger partial charge on any atom is 0.335 e. The van der Waals surface area contributed by atoms with E-state index in [1.165, 1.54) is 6.07 Å². The molecule has 0 spiro atoms. The normalized spacial score (nSPS) is 11.3. The first kappa shape index (κ1) is 42.6. The maximum atomic E-state index is 13.1. The average molecular weight is 756 g/mol. The monoisotopic (exact) mass is 755 g/mol. The quantitative estimate of drug-likeness (QED) is 0.130. The third kappa shape index (κ3) is 11.9. The van der Waals surface area contributed by atoms with Crippen LogP contribution in [0.15, 0.2) is 104 Å². The molecule has 0 fully saturated rings. The van der Waals surface area contributed by atoms with Gasteiger partial charge in [-0.25, -0.2) is 4.79 Å². The molecule has 0 radical (unpaired) electrons. The summed E-state index contributed by atoms with van der Waals surface area (Å²) in [6, 6.07) is 25.7. The Morgan fingerprint density at radius 1 is 0.607 bits per heavy atom. The molecule has 5 aromatic rings. The van der Waals surface area contributed by atoms with Gasteiger partial charge in [-0.15, -0.1) is 0 Å². The lowest BCUT2D eigenvalue weighted by Gasteiger charge is -2.20. The van der Waals surface area contributed by atoms with Crippen LogP contribution in [0.2, 0.25) is 0 Å². The van der Waals surface area contributed by atoms with Gasteiger partial charge in [-0.1, -0.05) is 87.4 Å². The van der Waals surface area contributed by atoms with Crippen LogP contribution in [0.3, 0.4) is 0 Å². The molecule has 56 heavy (non-hydrogen) atoms. The molecule has 1 atom stereocenters. The van der Waals surface area contributed by atoms with Crippen LogP contribution in [0.5, 0.6) is 0 Å². The second kappa shape index (κ2) is 19.4. The van der Waals surface area contributed by atoms with E-state index in [9.17, 15) is 24.3 Å². The van der Waals surface area contributed by atoms with Crippen LogP contribution in [-0.4, -0.2) is 75.8 Å². The third-order valence-corrected chi connectivity index (χ3v) is 8.98. The van der Waals surface area contributed by atoms with Crippen molar-refractivity contribution in [2.45, 2.75) is 54.5 Å². The minimum absolute atomic E-state index is 0.108. The SMILES string of the molecule is Cc1ccc(-c2cc(C(=O)NC(C)c3cnccn3)cc(C(=O)N(C)CC(C)C)c2)cc1.Cc1ccc(-c2cc(C(=O)O)cc(C(=O)N(C)CC(C)C)c2)cc1. The molecule has 0 aliphatic carbocycles. The van der Waals surface area contributed by atoms with E-state index in [0.717, 1.165) is 33.4 Å². The zero-order valence-electron chi connectivity index (χ0n) is 33.8. The van der Waals surface area contributed by atoms with Crippen molar-refractivity contribution < 1.29 is 24.3 Å². The number of nitrogens with zero attached hydrogens (tertiary/aromatic N) is 4. The van der Waals surface area contributed by atoms with Gasteiger partial charge in [0.25, 0.3) is 17.7 Å². The van der Waals surface area contributed by atoms with E-state index < -0.39 is 5.97 Å². The number of hydrogen-bond acceptors (Lipinski definition) is 6. The molecule has 1 unspecified atom stereocenters. The van der Waals surface area contributed by atoms with E-state index >= 15 is 0 Å². The number of carbonyl (C=O) groups is 4. The van der Waals surface area contributed by atoms with Gasteiger partial charge in [-0.3, -0.25) is 24.4 Å². The van der Waals surface area contributed by atoms with Crippen molar-refractivity contribution in [3.63, 3.8) is 0 Å². The highest BCUT2D eigenvalue weighted by Gasteiger charge is 2.20. The summed E-state index contributed by atoms with van der Waals surface area (Å²) in [5.41, 5.74) is 7.78. The first-order valence-electron chi connectivity index (χ1n) is 18.8. The fourth-order valence-corrected chi connectivity index (χ4v) is 6.17. The van der Waals surface area contributed by atoms with E-state index in [0.29, 0.717) is 47.3 Å². The highest BCUT2D eigenvalue weighted by Crippen LogP contribution is 2.26. The number of benzene rings is 4. The summed E-state index contributed by atoms with van der Waals surface area (Å²) in [6.45, 7) is 15.3. The zero-order valence-corrected chi connectivity index (χ0v) is 33.8. The lowest BCUT2D eigenvalue weighted by molar-refractivity contribution is 0.0695. The van der Waals surface area contributed by atoms with Crippen LogP contribution in [0.4, 0.5) is 0 Å². The first-order chi connectivity index (χ1) is 26.5. The minimum Gasteiger partial charge on any atom is -0.478 e. The fourth-order valence-electron chi connectivity index (χ4n) is 6.17. The van der Waals surface area contributed by atoms with Gasteiger partial charge in [-0.05, 0) is 91.3 Å². The van der Waals surface area contributed by atoms with Gasteiger partial charge in [0.2, 0.25) is 0 Å². The zero-order chi connectivity index (χ0) is 41.1. The van der Waals surface area contributed by atoms with Crippen LogP contribution < -0.4 is 5.32 Å². The Hall–Kier alpha value is -6.16. The van der Waals surface area contributed by atoms with Crippen molar-refractivity contribution in [1.29, 1.82) is 0 Å². The Balaban J connectivity index is 0.000000259. The summed E-state index contributed by atoms with van der Waals surface area (Å²) in [4.78, 5) is 61.9. The summed E-state index contributed by atoms with van der Waals surface area (Å²) in [5, 5.41) is 12.3. The Bertz CT molecular complexity index is 2130. The minimum atomic E-state index is -1.04. The smallest absolute Gasteiger partial charge is 0.335 e. The molecule has 5 rings (SSSR count). The predicted octanol–water partition coefficient (Wildman–Crippen LogP) is 8.76. The van der Waals surface area contributed by atoms with Crippen LogP contribution >= 0.6 is 0 Å². The highest BCUT2D eigenvalue weighted by atomic mass is 16.4. The summed E-state index contributed by atoms with van der Waals surface area (Å²) in [6.07, 6.45) is 4.81. The van der Waals surface area contributed by atoms with Crippen molar-refractivity contribution in [2.24, 2.45) is 11.8 Å². The molecule has 4 aromatic carbocycles. The van der Waals surface area contributed by atoms with Gasteiger partial charge in [0.1, 0.15) is 0 Å². The maximum absolute atomic E-state index is 13.1. The van der Waals surface area contributed by atoms with Gasteiger partial charge in [-0.2, -0.15) is 0 Å². The third-order valence-electron chi connectivity index (χ3n) is 8.98. The highest BCUT2D eigenvalue weighted by molar-refractivity contribution is 6.02. The number of aromatic carboxylic acids is 1. The number of carboxylic acids is 1. The van der Waals surface area contributed by atoms with Gasteiger partial charge >= 0.3 is 5.97 Å². The van der Waals surface area contributed by atoms with E-state index in [-0.39, 0.29) is 29.3 Å². The van der Waals surface area contributed by atoms with Crippen molar-refractivity contribution in [3.8, 4) is 22.3 Å². The molecule has 2 N–H and O–H groups in total. The summed E-state index contributed by atoms with van der Waals surface area (Å²) in [7, 11) is 3.53. The predicted molar refractivity (Wildman–Crippen MR) is 222 cm³/mol. The molecule has 10 heteroatoms. The molecule has 292 valence electrons. The molecule has 0 bridgehead atoms. The van der Waals surface area contributed by atoms with E-state index in [1.54, 1.807) is 60.7 Å². The lowest BCUT2D eigenvalue weighted by Crippen LogP contribution is -2.31. The summed E-state index contributed by atoms with van der Waals surface area (Å²) < 4.78 is 0. The largest absolute Gasteiger partial charge is 0.478 e. The fraction of sp³-hybridized carbons (Fsp3) is 0.304. The van der Waals surface area contributed by atoms with Crippen LogP contribution in [0.25, 0.3) is 22.3 Å². The number of aromatic nitrogens is 2. The molecule has 0 aliphatic heterocycles. The van der Waals surface area contributed by atoms with Gasteiger partial charge < -0.3 is 20.2 Å². The molecule has 0 saturated heterocycles. The lowest BCUT2D eigenvalue weighted by atomic mass is 9.97. The number of carbonyl (C=O) groups excluding carboxylic acids is 3. The second-order valence-corrected chi connectivity index (χ2v) is 15.1. The first-order valence-corrected chi connectivity index (χ1v) is 18.8. The molecule has 1 aromatic heterocycles. The molecule has 1 heterocycles. The van der Waals surface area contributed by atoms with Gasteiger partial charge in [0.05, 0.1) is 23.5 Å². The molecule has 0 saturated carbocycles. The average Bonchev–Trinajstić information content (AvgIpc) is 3.17. The Morgan fingerprint density at radius 2 is 1.04 bits per heavy atom. The van der Waals surface area contributed by atoms with Crippen LogP contribution in [-0.2, 0) is 0 Å². The number of hydrogen-bond donors (Lipinski definition) is 2. The van der Waals surface area contributed by atoms with Crippen molar-refractivity contribution in [1.82, 2.24) is 25.1 Å². The van der Waals surface area contributed by atoms with Gasteiger partial charge in [0.15, 0.2) is 0 Å². The van der Waals surface area contributed by atoms with Crippen molar-refractivity contribution >= 4 is 23.7 Å². The molecular formula is C46H53N5O5. The van der Waals surface area contributed by atoms with E-state index in [4.69, 9.17) is 0 Å². The summed E-state index contributed by atoms with van der Waals surface area (Å²) in [5.74, 6) is -0.885. The second-order valence-electron chi connectivity index (χ2n) is 15.1. The standard InChI is InChI=1S/C26H30N4O2.C20H23NO3/c1-17(2)16-30(5)26(32)23-13-21(20-8-6-18(3)7-9-20)12-22(14-23)25(31)29-19(4)24-15-27-10-11-28-24;1-13(2)12-21(4)19(22)17-9-16(10-18(11-17)20(23)24)15-7-5-14(3)6-8-15/h6-15,17,19H,16H2,1-5H3,(H,29,31);5-11,13H,12H2,1-4H3,(H,23,24). The Kier molecular flexibility index (Phi) is 14.8. The molecule has 10 nitrogen and oxygen atoms in total. The Labute approximate surface area is 330 Å². The number of aryl methyl sites for hydroxylation is 2. The summed E-state index contributed by atoms with van der Waals surface area (Å²) >= 11 is 0. The molecular weight excluding hydrogens is 703 g/mol. The van der Waals surface area contributed by atoms with E-state index in [1.807, 2.05) is 95.3 Å². The number of rotatable bonds is 12. The number of amides is 3. The van der Waals surface area contributed by atoms with Gasteiger partial charge in [0, 0.05) is 56.3 Å². The molecule has 3 amide bonds. The van der Waals surface area contributed by atoms with Crippen LogP contribution in [0, 0.1) is 25.7 Å². The number of nitrogens with one attached hydrogen (secondary N) is 1. The van der Waals surface area contributed by atoms with Crippen molar-refractivity contribution in [3.05, 3.63) is 143 Å². The van der Waals surface area contributed by atoms with E-state index in [2.05, 4.69) is 29.1 Å². The molecule has 0 aliphatic rings. The van der Waals surface area contributed by atoms with Crippen molar-refractivity contribution in [2.75, 3.05) is 27.2 Å². The Morgan fingerprint density at radius 3 is 1.45 bits per heavy atom. The van der Waals surface area contributed by atoms with Crippen LogP contribution in [0.1, 0.15) is 98.9 Å². The number of carboxylic acid groups (broad SMARTS) is 1.